The summed E-state index contributed by atoms with van der Waals surface area (Å²) >= 11 is 0. The molecular weight excluding hydrogens is 192 g/mol. The fourth-order valence-corrected chi connectivity index (χ4v) is 1.91. The molecule has 0 spiro atoms. The van der Waals surface area contributed by atoms with Crippen molar-refractivity contribution in [2.75, 3.05) is 0 Å². The molecule has 15 heavy (non-hydrogen) atoms. The van der Waals surface area contributed by atoms with Crippen LogP contribution in [0.15, 0.2) is 6.07 Å². The molecule has 0 amide bonds. The summed E-state index contributed by atoms with van der Waals surface area (Å²) in [4.78, 5) is 7.99. The smallest absolute Gasteiger partial charge is 0.320 e. The van der Waals surface area contributed by atoms with E-state index in [1.807, 2.05) is 6.92 Å². The average molecular weight is 208 g/mol. The van der Waals surface area contributed by atoms with Gasteiger partial charge in [0.05, 0.1) is 0 Å². The van der Waals surface area contributed by atoms with Gasteiger partial charge in [0.25, 0.3) is 0 Å². The molecular formula is C11H16N2O2. The highest BCUT2D eigenvalue weighted by atomic mass is 16.5. The SMILES string of the molecule is Cc1cc(O)nc(OC2CCCCC2)n1. The van der Waals surface area contributed by atoms with Gasteiger partial charge in [-0.1, -0.05) is 6.42 Å². The Hall–Kier alpha value is -1.32. The lowest BCUT2D eigenvalue weighted by atomic mass is 9.98. The topological polar surface area (TPSA) is 55.2 Å². The molecule has 2 rings (SSSR count). The first-order chi connectivity index (χ1) is 7.24. The van der Waals surface area contributed by atoms with Gasteiger partial charge in [0, 0.05) is 11.8 Å². The molecule has 0 bridgehead atoms. The van der Waals surface area contributed by atoms with E-state index >= 15 is 0 Å². The second-order valence-corrected chi connectivity index (χ2v) is 4.03. The molecule has 1 fully saturated rings. The lowest BCUT2D eigenvalue weighted by Crippen LogP contribution is -2.20. The standard InChI is InChI=1S/C11H16N2O2/c1-8-7-10(14)13-11(12-8)15-9-5-3-2-4-6-9/h7,9H,2-6H2,1H3,(H,12,13,14). The lowest BCUT2D eigenvalue weighted by molar-refractivity contribution is 0.140. The third-order valence-corrected chi connectivity index (χ3v) is 2.64. The largest absolute Gasteiger partial charge is 0.493 e. The molecule has 1 saturated carbocycles. The van der Waals surface area contributed by atoms with E-state index in [1.165, 1.54) is 25.3 Å². The molecule has 0 unspecified atom stereocenters. The molecule has 4 nitrogen and oxygen atoms in total. The highest BCUT2D eigenvalue weighted by Crippen LogP contribution is 2.22. The number of aromatic nitrogens is 2. The Balaban J connectivity index is 2.02. The van der Waals surface area contributed by atoms with E-state index in [0.717, 1.165) is 18.5 Å². The average Bonchev–Trinajstić information content (AvgIpc) is 2.17. The quantitative estimate of drug-likeness (QED) is 0.809. The summed E-state index contributed by atoms with van der Waals surface area (Å²) in [6.45, 7) is 1.81. The van der Waals surface area contributed by atoms with Crippen molar-refractivity contribution in [1.29, 1.82) is 0 Å². The minimum absolute atomic E-state index is 0.0201. The van der Waals surface area contributed by atoms with Gasteiger partial charge in [0.1, 0.15) is 6.10 Å². The molecule has 1 aromatic heterocycles. The van der Waals surface area contributed by atoms with Gasteiger partial charge in [-0.3, -0.25) is 0 Å². The monoisotopic (exact) mass is 208 g/mol. The van der Waals surface area contributed by atoms with Crippen LogP contribution in [0.4, 0.5) is 0 Å². The van der Waals surface area contributed by atoms with E-state index in [2.05, 4.69) is 9.97 Å². The van der Waals surface area contributed by atoms with E-state index < -0.39 is 0 Å². The van der Waals surface area contributed by atoms with E-state index in [0.29, 0.717) is 6.01 Å². The number of hydrogen-bond donors (Lipinski definition) is 1. The molecule has 4 heteroatoms. The first-order valence-electron chi connectivity index (χ1n) is 5.45. The maximum absolute atomic E-state index is 9.29. The van der Waals surface area contributed by atoms with Crippen LogP contribution in [0, 0.1) is 6.92 Å². The molecule has 0 radical (unpaired) electrons. The molecule has 1 heterocycles. The van der Waals surface area contributed by atoms with Crippen LogP contribution in [-0.4, -0.2) is 21.2 Å². The maximum Gasteiger partial charge on any atom is 0.320 e. The predicted molar refractivity (Wildman–Crippen MR) is 55.9 cm³/mol. The van der Waals surface area contributed by atoms with Crippen molar-refractivity contribution in [2.24, 2.45) is 0 Å². The predicted octanol–water partition coefficient (Wildman–Crippen LogP) is 2.20. The zero-order valence-corrected chi connectivity index (χ0v) is 8.94. The first kappa shape index (κ1) is 10.2. The summed E-state index contributed by atoms with van der Waals surface area (Å²) in [6.07, 6.45) is 6.07. The van der Waals surface area contributed by atoms with Crippen molar-refractivity contribution < 1.29 is 9.84 Å². The van der Waals surface area contributed by atoms with E-state index in [-0.39, 0.29) is 12.0 Å². The fourth-order valence-electron chi connectivity index (χ4n) is 1.91. The number of nitrogens with zero attached hydrogens (tertiary/aromatic N) is 2. The minimum atomic E-state index is -0.0201. The van der Waals surface area contributed by atoms with Gasteiger partial charge in [-0.05, 0) is 32.6 Å². The summed E-state index contributed by atoms with van der Waals surface area (Å²) < 4.78 is 5.63. The van der Waals surface area contributed by atoms with Crippen molar-refractivity contribution in [3.05, 3.63) is 11.8 Å². The highest BCUT2D eigenvalue weighted by Gasteiger charge is 2.16. The van der Waals surface area contributed by atoms with Gasteiger partial charge in [-0.25, -0.2) is 4.98 Å². The summed E-state index contributed by atoms with van der Waals surface area (Å²) in [5.41, 5.74) is 0.730. The summed E-state index contributed by atoms with van der Waals surface area (Å²) in [5.74, 6) is -0.0201. The Kier molecular flexibility index (Phi) is 3.04. The summed E-state index contributed by atoms with van der Waals surface area (Å²) in [7, 11) is 0. The fraction of sp³-hybridized carbons (Fsp3) is 0.636. The van der Waals surface area contributed by atoms with E-state index in [1.54, 1.807) is 0 Å². The van der Waals surface area contributed by atoms with Crippen LogP contribution in [0.2, 0.25) is 0 Å². The molecule has 0 saturated heterocycles. The van der Waals surface area contributed by atoms with Crippen LogP contribution in [0.3, 0.4) is 0 Å². The third-order valence-electron chi connectivity index (χ3n) is 2.64. The second-order valence-electron chi connectivity index (χ2n) is 4.03. The molecule has 1 aromatic rings. The highest BCUT2D eigenvalue weighted by molar-refractivity contribution is 5.16. The Morgan fingerprint density at radius 1 is 1.27 bits per heavy atom. The van der Waals surface area contributed by atoms with Crippen molar-refractivity contribution in [1.82, 2.24) is 9.97 Å². The van der Waals surface area contributed by atoms with E-state index in [9.17, 15) is 5.11 Å². The zero-order chi connectivity index (χ0) is 10.7. The number of aryl methyl sites for hydroxylation is 1. The van der Waals surface area contributed by atoms with Crippen LogP contribution in [-0.2, 0) is 0 Å². The van der Waals surface area contributed by atoms with Crippen LogP contribution in [0.5, 0.6) is 11.9 Å². The molecule has 1 aliphatic carbocycles. The zero-order valence-electron chi connectivity index (χ0n) is 8.94. The Morgan fingerprint density at radius 3 is 2.67 bits per heavy atom. The Bertz CT molecular complexity index is 315. The Morgan fingerprint density at radius 2 is 2.00 bits per heavy atom. The summed E-state index contributed by atoms with van der Waals surface area (Å²) in [5, 5.41) is 9.29. The van der Waals surface area contributed by atoms with Gasteiger partial charge >= 0.3 is 6.01 Å². The molecule has 0 atom stereocenters. The number of rotatable bonds is 2. The third kappa shape index (κ3) is 2.81. The number of ether oxygens (including phenoxy) is 1. The van der Waals surface area contributed by atoms with Crippen LogP contribution in [0.1, 0.15) is 37.8 Å². The van der Waals surface area contributed by atoms with Crippen LogP contribution < -0.4 is 4.74 Å². The molecule has 0 aromatic carbocycles. The van der Waals surface area contributed by atoms with Crippen molar-refractivity contribution in [3.63, 3.8) is 0 Å². The number of aromatic hydroxyl groups is 1. The van der Waals surface area contributed by atoms with Crippen molar-refractivity contribution in [2.45, 2.75) is 45.1 Å². The number of hydrogen-bond acceptors (Lipinski definition) is 4. The van der Waals surface area contributed by atoms with Crippen LogP contribution >= 0.6 is 0 Å². The van der Waals surface area contributed by atoms with Crippen molar-refractivity contribution >= 4 is 0 Å². The maximum atomic E-state index is 9.29. The molecule has 0 aliphatic heterocycles. The van der Waals surface area contributed by atoms with E-state index in [4.69, 9.17) is 4.74 Å². The van der Waals surface area contributed by atoms with Gasteiger partial charge in [0.2, 0.25) is 5.88 Å². The first-order valence-corrected chi connectivity index (χ1v) is 5.45. The van der Waals surface area contributed by atoms with Crippen LogP contribution in [0.25, 0.3) is 0 Å². The van der Waals surface area contributed by atoms with Gasteiger partial charge < -0.3 is 9.84 Å². The second kappa shape index (κ2) is 4.47. The molecule has 82 valence electrons. The Labute approximate surface area is 89.3 Å². The van der Waals surface area contributed by atoms with Gasteiger partial charge in [-0.15, -0.1) is 0 Å². The molecule has 1 aliphatic rings. The van der Waals surface area contributed by atoms with Crippen molar-refractivity contribution in [3.8, 4) is 11.9 Å². The minimum Gasteiger partial charge on any atom is -0.493 e. The van der Waals surface area contributed by atoms with Gasteiger partial charge in [0.15, 0.2) is 0 Å². The van der Waals surface area contributed by atoms with Gasteiger partial charge in [-0.2, -0.15) is 4.98 Å². The normalized spacial score (nSPS) is 17.7. The molecule has 1 N–H and O–H groups in total. The lowest BCUT2D eigenvalue weighted by Gasteiger charge is -2.21. The summed E-state index contributed by atoms with van der Waals surface area (Å²) in [6, 6.07) is 1.83.